The molecule has 4 nitrogen and oxygen atoms in total. The second-order valence-corrected chi connectivity index (χ2v) is 6.35. The molecule has 0 radical (unpaired) electrons. The second-order valence-electron chi connectivity index (χ2n) is 6.35. The SMILES string of the molecule is CN(CC(O)c1ccc(N)cc1)CC1(N(C)C)CCC1. The van der Waals surface area contributed by atoms with Crippen molar-refractivity contribution in [3.05, 3.63) is 29.8 Å². The number of hydrogen-bond donors (Lipinski definition) is 2. The molecule has 2 rings (SSSR count). The van der Waals surface area contributed by atoms with Gasteiger partial charge in [-0.2, -0.15) is 0 Å². The van der Waals surface area contributed by atoms with Gasteiger partial charge in [-0.25, -0.2) is 0 Å². The van der Waals surface area contributed by atoms with E-state index in [9.17, 15) is 5.11 Å². The summed E-state index contributed by atoms with van der Waals surface area (Å²) in [5.74, 6) is 0. The molecular formula is C16H27N3O. The van der Waals surface area contributed by atoms with Crippen LogP contribution in [0.4, 0.5) is 5.69 Å². The van der Waals surface area contributed by atoms with Gasteiger partial charge in [0.2, 0.25) is 0 Å². The molecule has 0 aliphatic heterocycles. The molecule has 1 atom stereocenters. The summed E-state index contributed by atoms with van der Waals surface area (Å²) in [5.41, 5.74) is 7.63. The summed E-state index contributed by atoms with van der Waals surface area (Å²) in [6.45, 7) is 1.66. The van der Waals surface area contributed by atoms with Crippen LogP contribution in [0.25, 0.3) is 0 Å². The number of likely N-dealkylation sites (N-methyl/N-ethyl adjacent to an activating group) is 2. The highest BCUT2D eigenvalue weighted by molar-refractivity contribution is 5.39. The Hall–Kier alpha value is -1.10. The van der Waals surface area contributed by atoms with E-state index in [0.29, 0.717) is 12.1 Å². The summed E-state index contributed by atoms with van der Waals surface area (Å²) >= 11 is 0. The van der Waals surface area contributed by atoms with Crippen LogP contribution in [0, 0.1) is 0 Å². The first-order valence-corrected chi connectivity index (χ1v) is 7.32. The minimum Gasteiger partial charge on any atom is -0.399 e. The highest BCUT2D eigenvalue weighted by Gasteiger charge is 2.39. The summed E-state index contributed by atoms with van der Waals surface area (Å²) in [4.78, 5) is 4.57. The number of hydrogen-bond acceptors (Lipinski definition) is 4. The molecule has 0 amide bonds. The molecule has 4 heteroatoms. The fraction of sp³-hybridized carbons (Fsp3) is 0.625. The third-order valence-corrected chi connectivity index (χ3v) is 4.60. The number of nitrogen functional groups attached to an aromatic ring is 1. The number of nitrogens with zero attached hydrogens (tertiary/aromatic N) is 2. The Bertz CT molecular complexity index is 426. The summed E-state index contributed by atoms with van der Waals surface area (Å²) in [6.07, 6.45) is 3.36. The average Bonchev–Trinajstić information content (AvgIpc) is 2.34. The van der Waals surface area contributed by atoms with Gasteiger partial charge in [0.25, 0.3) is 0 Å². The number of aliphatic hydroxyl groups is 1. The van der Waals surface area contributed by atoms with Crippen LogP contribution < -0.4 is 5.73 Å². The summed E-state index contributed by atoms with van der Waals surface area (Å²) in [7, 11) is 6.40. The zero-order chi connectivity index (χ0) is 14.8. The molecule has 0 bridgehead atoms. The van der Waals surface area contributed by atoms with Gasteiger partial charge in [0.1, 0.15) is 0 Å². The third-order valence-electron chi connectivity index (χ3n) is 4.60. The maximum absolute atomic E-state index is 10.3. The van der Waals surface area contributed by atoms with E-state index in [4.69, 9.17) is 5.73 Å². The van der Waals surface area contributed by atoms with Gasteiger partial charge in [-0.3, -0.25) is 0 Å². The van der Waals surface area contributed by atoms with Crippen LogP contribution in [0.3, 0.4) is 0 Å². The van der Waals surface area contributed by atoms with Crippen LogP contribution in [0.5, 0.6) is 0 Å². The van der Waals surface area contributed by atoms with Crippen molar-refractivity contribution >= 4 is 5.69 Å². The highest BCUT2D eigenvalue weighted by atomic mass is 16.3. The predicted molar refractivity (Wildman–Crippen MR) is 83.6 cm³/mol. The van der Waals surface area contributed by atoms with E-state index in [-0.39, 0.29) is 0 Å². The van der Waals surface area contributed by atoms with Crippen molar-refractivity contribution in [1.29, 1.82) is 0 Å². The van der Waals surface area contributed by atoms with E-state index in [1.54, 1.807) is 0 Å². The van der Waals surface area contributed by atoms with Crippen molar-refractivity contribution in [3.63, 3.8) is 0 Å². The van der Waals surface area contributed by atoms with Crippen LogP contribution in [0.1, 0.15) is 30.9 Å². The molecule has 1 aliphatic rings. The first kappa shape index (κ1) is 15.3. The van der Waals surface area contributed by atoms with Crippen molar-refractivity contribution in [2.45, 2.75) is 30.9 Å². The smallest absolute Gasteiger partial charge is 0.0916 e. The van der Waals surface area contributed by atoms with Gasteiger partial charge < -0.3 is 20.6 Å². The fourth-order valence-corrected chi connectivity index (χ4v) is 3.02. The lowest BCUT2D eigenvalue weighted by atomic mass is 9.75. The van der Waals surface area contributed by atoms with Crippen LogP contribution in [0.2, 0.25) is 0 Å². The highest BCUT2D eigenvalue weighted by Crippen LogP contribution is 2.36. The standard InChI is InChI=1S/C16H27N3O/c1-18(2)16(9-4-10-16)12-19(3)11-15(20)13-5-7-14(17)8-6-13/h5-8,15,20H,4,9-12,17H2,1-3H3. The molecule has 1 unspecified atom stereocenters. The summed E-state index contributed by atoms with van der Waals surface area (Å²) in [6, 6.07) is 7.48. The molecule has 0 aromatic heterocycles. The Kier molecular flexibility index (Phi) is 4.68. The lowest BCUT2D eigenvalue weighted by Gasteiger charge is -2.49. The lowest BCUT2D eigenvalue weighted by molar-refractivity contribution is 0.0147. The van der Waals surface area contributed by atoms with Crippen molar-refractivity contribution in [1.82, 2.24) is 9.80 Å². The van der Waals surface area contributed by atoms with Crippen LogP contribution >= 0.6 is 0 Å². The Balaban J connectivity index is 1.90. The quantitative estimate of drug-likeness (QED) is 0.777. The molecule has 0 heterocycles. The molecule has 1 saturated carbocycles. The van der Waals surface area contributed by atoms with Gasteiger partial charge in [-0.05, 0) is 58.1 Å². The van der Waals surface area contributed by atoms with E-state index in [0.717, 1.165) is 17.8 Å². The Labute approximate surface area is 122 Å². The first-order chi connectivity index (χ1) is 9.43. The number of anilines is 1. The van der Waals surface area contributed by atoms with Crippen molar-refractivity contribution < 1.29 is 5.11 Å². The molecule has 1 aromatic rings. The van der Waals surface area contributed by atoms with Crippen LogP contribution in [-0.2, 0) is 0 Å². The molecule has 20 heavy (non-hydrogen) atoms. The van der Waals surface area contributed by atoms with Crippen molar-refractivity contribution in [3.8, 4) is 0 Å². The maximum atomic E-state index is 10.3. The summed E-state index contributed by atoms with van der Waals surface area (Å²) < 4.78 is 0. The van der Waals surface area contributed by atoms with Crippen molar-refractivity contribution in [2.75, 3.05) is 40.0 Å². The van der Waals surface area contributed by atoms with Crippen molar-refractivity contribution in [2.24, 2.45) is 0 Å². The van der Waals surface area contributed by atoms with Gasteiger partial charge in [-0.1, -0.05) is 12.1 Å². The van der Waals surface area contributed by atoms with E-state index in [1.165, 1.54) is 19.3 Å². The zero-order valence-electron chi connectivity index (χ0n) is 12.8. The first-order valence-electron chi connectivity index (χ1n) is 7.32. The Morgan fingerprint density at radius 2 is 1.80 bits per heavy atom. The molecule has 1 aliphatic carbocycles. The second kappa shape index (κ2) is 6.12. The fourth-order valence-electron chi connectivity index (χ4n) is 3.02. The largest absolute Gasteiger partial charge is 0.399 e. The number of aliphatic hydroxyl groups excluding tert-OH is 1. The van der Waals surface area contributed by atoms with Gasteiger partial charge in [0, 0.05) is 24.3 Å². The minimum absolute atomic E-state index is 0.301. The molecule has 1 aromatic carbocycles. The van der Waals surface area contributed by atoms with Crippen LogP contribution in [-0.4, -0.2) is 54.7 Å². The molecular weight excluding hydrogens is 250 g/mol. The number of benzene rings is 1. The van der Waals surface area contributed by atoms with E-state index in [2.05, 4.69) is 30.9 Å². The number of rotatable bonds is 6. The van der Waals surface area contributed by atoms with Gasteiger partial charge in [0.05, 0.1) is 6.10 Å². The predicted octanol–water partition coefficient (Wildman–Crippen LogP) is 1.72. The van der Waals surface area contributed by atoms with Gasteiger partial charge in [0.15, 0.2) is 0 Å². The monoisotopic (exact) mass is 277 g/mol. The van der Waals surface area contributed by atoms with Crippen LogP contribution in [0.15, 0.2) is 24.3 Å². The molecule has 112 valence electrons. The Morgan fingerprint density at radius 3 is 2.25 bits per heavy atom. The van der Waals surface area contributed by atoms with Gasteiger partial charge >= 0.3 is 0 Å². The molecule has 3 N–H and O–H groups in total. The van der Waals surface area contributed by atoms with Gasteiger partial charge in [-0.15, -0.1) is 0 Å². The normalized spacial score (nSPS) is 19.1. The maximum Gasteiger partial charge on any atom is 0.0916 e. The van der Waals surface area contributed by atoms with E-state index >= 15 is 0 Å². The minimum atomic E-state index is -0.458. The topological polar surface area (TPSA) is 52.7 Å². The average molecular weight is 277 g/mol. The molecule has 0 saturated heterocycles. The zero-order valence-corrected chi connectivity index (χ0v) is 12.8. The number of nitrogens with two attached hydrogens (primary N) is 1. The molecule has 0 spiro atoms. The lowest BCUT2D eigenvalue weighted by Crippen LogP contribution is -2.57. The van der Waals surface area contributed by atoms with E-state index in [1.807, 2.05) is 24.3 Å². The Morgan fingerprint density at radius 1 is 1.20 bits per heavy atom. The molecule has 1 fully saturated rings. The van der Waals surface area contributed by atoms with E-state index < -0.39 is 6.10 Å². The summed E-state index contributed by atoms with van der Waals surface area (Å²) in [5, 5.41) is 10.3. The third kappa shape index (κ3) is 3.32.